The van der Waals surface area contributed by atoms with Crippen LogP contribution in [0.5, 0.6) is 11.5 Å². The summed E-state index contributed by atoms with van der Waals surface area (Å²) in [5.74, 6) is 1.51. The Balaban J connectivity index is 1.92. The molecule has 0 aromatic heterocycles. The minimum atomic E-state index is -0.196. The quantitative estimate of drug-likeness (QED) is 0.679. The van der Waals surface area contributed by atoms with Crippen LogP contribution in [0, 0.1) is 0 Å². The maximum atomic E-state index is 12.5. The van der Waals surface area contributed by atoms with Gasteiger partial charge in [0.25, 0.3) is 5.91 Å². The van der Waals surface area contributed by atoms with E-state index < -0.39 is 0 Å². The largest absolute Gasteiger partial charge is 0.497 e. The van der Waals surface area contributed by atoms with Crippen molar-refractivity contribution >= 4 is 11.6 Å². The first kappa shape index (κ1) is 19.5. The molecule has 2 N–H and O–H groups in total. The zero-order chi connectivity index (χ0) is 18.9. The van der Waals surface area contributed by atoms with Crippen LogP contribution in [-0.2, 0) is 11.3 Å². The number of methoxy groups -OCH3 is 1. The molecule has 1 unspecified atom stereocenters. The Morgan fingerprint density at radius 2 is 1.96 bits per heavy atom. The average Bonchev–Trinajstić information content (AvgIpc) is 2.66. The highest BCUT2D eigenvalue weighted by Gasteiger charge is 2.22. The van der Waals surface area contributed by atoms with Crippen LogP contribution in [0.25, 0.3) is 0 Å². The van der Waals surface area contributed by atoms with Crippen molar-refractivity contribution in [1.82, 2.24) is 0 Å². The summed E-state index contributed by atoms with van der Waals surface area (Å²) in [7, 11) is 3.62. The molecule has 0 bridgehead atoms. The molecule has 2 atom stereocenters. The molecule has 0 aliphatic carbocycles. The van der Waals surface area contributed by atoms with Gasteiger partial charge in [-0.1, -0.05) is 18.7 Å². The van der Waals surface area contributed by atoms with Crippen molar-refractivity contribution in [3.05, 3.63) is 66.7 Å². The summed E-state index contributed by atoms with van der Waals surface area (Å²) in [4.78, 5) is 13.6. The summed E-state index contributed by atoms with van der Waals surface area (Å²) in [6.45, 7) is 6.79. The molecule has 0 aliphatic heterocycles. The maximum absolute atomic E-state index is 12.5. The normalized spacial score (nSPS) is 12.7. The van der Waals surface area contributed by atoms with Gasteiger partial charge in [0.05, 0.1) is 14.2 Å². The van der Waals surface area contributed by atoms with Crippen LogP contribution in [0.4, 0.5) is 5.69 Å². The zero-order valence-electron chi connectivity index (χ0n) is 15.6. The third-order valence-corrected chi connectivity index (χ3v) is 4.24. The number of anilines is 1. The number of carbonyl (C=O) groups excluding carboxylic acids is 1. The number of rotatable bonds is 9. The number of likely N-dealkylation sites (N-methyl/N-ethyl adjacent to an activating group) is 1. The molecule has 0 aliphatic rings. The number of quaternary nitrogens is 1. The molecule has 2 aromatic rings. The molecular formula is C21H27N2O3+. The topological polar surface area (TPSA) is 52.0 Å². The first-order valence-electron chi connectivity index (χ1n) is 8.63. The van der Waals surface area contributed by atoms with Crippen molar-refractivity contribution in [3.8, 4) is 11.5 Å². The van der Waals surface area contributed by atoms with Gasteiger partial charge in [0.2, 0.25) is 0 Å². The minimum Gasteiger partial charge on any atom is -0.497 e. The first-order valence-corrected chi connectivity index (χ1v) is 8.63. The van der Waals surface area contributed by atoms with Gasteiger partial charge in [0.15, 0.2) is 6.04 Å². The number of hydrogen-bond donors (Lipinski definition) is 2. The molecule has 0 saturated carbocycles. The summed E-state index contributed by atoms with van der Waals surface area (Å²) < 4.78 is 10.7. The predicted octanol–water partition coefficient (Wildman–Crippen LogP) is 2.30. The number of amides is 1. The van der Waals surface area contributed by atoms with E-state index in [2.05, 4.69) is 11.9 Å². The number of benzene rings is 2. The molecule has 0 heterocycles. The average molecular weight is 355 g/mol. The summed E-state index contributed by atoms with van der Waals surface area (Å²) >= 11 is 0. The second kappa shape index (κ2) is 9.63. The van der Waals surface area contributed by atoms with Crippen molar-refractivity contribution in [2.24, 2.45) is 0 Å². The van der Waals surface area contributed by atoms with E-state index in [1.54, 1.807) is 13.2 Å². The molecule has 0 spiro atoms. The van der Waals surface area contributed by atoms with Crippen LogP contribution in [0.2, 0.25) is 0 Å². The molecule has 138 valence electrons. The molecule has 0 saturated heterocycles. The van der Waals surface area contributed by atoms with Gasteiger partial charge >= 0.3 is 0 Å². The first-order chi connectivity index (χ1) is 12.5. The maximum Gasteiger partial charge on any atom is 0.282 e. The van der Waals surface area contributed by atoms with Crippen LogP contribution in [0.1, 0.15) is 12.5 Å². The molecule has 5 heteroatoms. The van der Waals surface area contributed by atoms with Crippen molar-refractivity contribution in [2.75, 3.05) is 26.1 Å². The molecule has 2 rings (SSSR count). The Kier molecular flexibility index (Phi) is 7.24. The smallest absolute Gasteiger partial charge is 0.282 e. The van der Waals surface area contributed by atoms with E-state index in [0.717, 1.165) is 34.2 Å². The lowest BCUT2D eigenvalue weighted by molar-refractivity contribution is -0.907. The lowest BCUT2D eigenvalue weighted by atomic mass is 10.1. The molecular weight excluding hydrogens is 328 g/mol. The SMILES string of the molecule is C=CCOc1ccc(C[NH+](C)[C@H](C)C(=O)Nc2cccc(OC)c2)cc1. The summed E-state index contributed by atoms with van der Waals surface area (Å²) in [6.07, 6.45) is 1.72. The molecule has 0 radical (unpaired) electrons. The number of ether oxygens (including phenoxy) is 2. The van der Waals surface area contributed by atoms with Crippen LogP contribution >= 0.6 is 0 Å². The van der Waals surface area contributed by atoms with E-state index in [9.17, 15) is 4.79 Å². The van der Waals surface area contributed by atoms with E-state index in [4.69, 9.17) is 9.47 Å². The highest BCUT2D eigenvalue weighted by atomic mass is 16.5. The zero-order valence-corrected chi connectivity index (χ0v) is 15.6. The molecule has 1 amide bonds. The van der Waals surface area contributed by atoms with Gasteiger partial charge in [-0.25, -0.2) is 0 Å². The summed E-state index contributed by atoms with van der Waals surface area (Å²) in [6, 6.07) is 15.1. The highest BCUT2D eigenvalue weighted by molar-refractivity contribution is 5.93. The lowest BCUT2D eigenvalue weighted by Gasteiger charge is -2.21. The highest BCUT2D eigenvalue weighted by Crippen LogP contribution is 2.16. The van der Waals surface area contributed by atoms with Gasteiger partial charge in [-0.3, -0.25) is 4.79 Å². The van der Waals surface area contributed by atoms with Crippen LogP contribution < -0.4 is 19.7 Å². The fourth-order valence-corrected chi connectivity index (χ4v) is 2.51. The summed E-state index contributed by atoms with van der Waals surface area (Å²) in [5, 5.41) is 2.95. The van der Waals surface area contributed by atoms with Gasteiger partial charge in [-0.2, -0.15) is 0 Å². The van der Waals surface area contributed by atoms with Crippen molar-refractivity contribution < 1.29 is 19.2 Å². The Labute approximate surface area is 155 Å². The van der Waals surface area contributed by atoms with Gasteiger partial charge in [0, 0.05) is 17.3 Å². The fraction of sp³-hybridized carbons (Fsp3) is 0.286. The third-order valence-electron chi connectivity index (χ3n) is 4.24. The summed E-state index contributed by atoms with van der Waals surface area (Å²) in [5.41, 5.74) is 1.88. The van der Waals surface area contributed by atoms with Crippen molar-refractivity contribution in [3.63, 3.8) is 0 Å². The predicted molar refractivity (Wildman–Crippen MR) is 104 cm³/mol. The monoisotopic (exact) mass is 355 g/mol. The minimum absolute atomic E-state index is 0.0262. The number of carbonyl (C=O) groups is 1. The van der Waals surface area contributed by atoms with E-state index in [0.29, 0.717) is 6.61 Å². The Morgan fingerprint density at radius 1 is 1.23 bits per heavy atom. The van der Waals surface area contributed by atoms with Gasteiger partial charge in [-0.05, 0) is 43.3 Å². The van der Waals surface area contributed by atoms with Crippen LogP contribution in [0.15, 0.2) is 61.2 Å². The molecule has 5 nitrogen and oxygen atoms in total. The standard InChI is InChI=1S/C21H26N2O3/c1-5-13-26-19-11-9-17(10-12-19)15-23(3)16(2)21(24)22-18-7-6-8-20(14-18)25-4/h5-12,14,16H,1,13,15H2,2-4H3,(H,22,24)/p+1/t16-/m1/s1. The number of hydrogen-bond acceptors (Lipinski definition) is 3. The van der Waals surface area contributed by atoms with Crippen LogP contribution in [-0.4, -0.2) is 32.7 Å². The van der Waals surface area contributed by atoms with Gasteiger partial charge in [0.1, 0.15) is 24.7 Å². The molecule has 26 heavy (non-hydrogen) atoms. The number of nitrogens with one attached hydrogen (secondary N) is 2. The second-order valence-electron chi connectivity index (χ2n) is 6.21. The van der Waals surface area contributed by atoms with Gasteiger partial charge < -0.3 is 19.7 Å². The van der Waals surface area contributed by atoms with E-state index in [1.807, 2.05) is 62.5 Å². The van der Waals surface area contributed by atoms with Crippen molar-refractivity contribution in [2.45, 2.75) is 19.5 Å². The van der Waals surface area contributed by atoms with E-state index >= 15 is 0 Å². The van der Waals surface area contributed by atoms with Crippen LogP contribution in [0.3, 0.4) is 0 Å². The molecule has 2 aromatic carbocycles. The van der Waals surface area contributed by atoms with E-state index in [-0.39, 0.29) is 11.9 Å². The fourth-order valence-electron chi connectivity index (χ4n) is 2.51. The van der Waals surface area contributed by atoms with Gasteiger partial charge in [-0.15, -0.1) is 0 Å². The third kappa shape index (κ3) is 5.63. The van der Waals surface area contributed by atoms with Crippen molar-refractivity contribution in [1.29, 1.82) is 0 Å². The Hall–Kier alpha value is -2.79. The Bertz CT molecular complexity index is 728. The lowest BCUT2D eigenvalue weighted by Crippen LogP contribution is -3.12. The van der Waals surface area contributed by atoms with E-state index in [1.165, 1.54) is 0 Å². The molecule has 0 fully saturated rings. The second-order valence-corrected chi connectivity index (χ2v) is 6.21. The Morgan fingerprint density at radius 3 is 2.62 bits per heavy atom.